The molecule has 0 saturated heterocycles. The van der Waals surface area contributed by atoms with Gasteiger partial charge < -0.3 is 15.5 Å². The van der Waals surface area contributed by atoms with Crippen molar-refractivity contribution in [2.24, 2.45) is 0 Å². The molecule has 0 aliphatic heterocycles. The van der Waals surface area contributed by atoms with Crippen molar-refractivity contribution >= 4 is 0 Å². The summed E-state index contributed by atoms with van der Waals surface area (Å²) in [6.45, 7) is 2.31. The second-order valence-electron chi connectivity index (χ2n) is 3.31. The largest absolute Gasteiger partial charge is 0.395 e. The Morgan fingerprint density at radius 1 is 1.29 bits per heavy atom. The van der Waals surface area contributed by atoms with E-state index in [0.29, 0.717) is 6.54 Å². The van der Waals surface area contributed by atoms with E-state index in [1.54, 1.807) is 6.92 Å². The van der Waals surface area contributed by atoms with E-state index in [0.717, 1.165) is 5.56 Å². The minimum Gasteiger partial charge on any atom is -0.395 e. The first-order valence-corrected chi connectivity index (χ1v) is 4.83. The van der Waals surface area contributed by atoms with Crippen molar-refractivity contribution in [3.8, 4) is 0 Å². The van der Waals surface area contributed by atoms with Crippen molar-refractivity contribution in [3.63, 3.8) is 0 Å². The molecule has 0 heterocycles. The van der Waals surface area contributed by atoms with Crippen LogP contribution in [0.5, 0.6) is 0 Å². The summed E-state index contributed by atoms with van der Waals surface area (Å²) < 4.78 is 0. The molecule has 0 fully saturated rings. The molecule has 0 spiro atoms. The molecule has 3 N–H and O–H groups in total. The molecule has 0 saturated carbocycles. The second-order valence-corrected chi connectivity index (χ2v) is 3.31. The van der Waals surface area contributed by atoms with Crippen LogP contribution in [0.4, 0.5) is 0 Å². The Morgan fingerprint density at radius 3 is 2.43 bits per heavy atom. The minimum absolute atomic E-state index is 0.0794. The molecule has 1 rings (SSSR count). The van der Waals surface area contributed by atoms with E-state index >= 15 is 0 Å². The third-order valence-electron chi connectivity index (χ3n) is 2.12. The van der Waals surface area contributed by atoms with Gasteiger partial charge in [0, 0.05) is 6.54 Å². The van der Waals surface area contributed by atoms with Gasteiger partial charge in [-0.05, 0) is 12.5 Å². The first-order chi connectivity index (χ1) is 6.75. The lowest BCUT2D eigenvalue weighted by molar-refractivity contribution is 0.141. The van der Waals surface area contributed by atoms with Crippen LogP contribution in [0.2, 0.25) is 0 Å². The number of hydrogen-bond donors (Lipinski definition) is 3. The van der Waals surface area contributed by atoms with E-state index in [-0.39, 0.29) is 12.6 Å². The number of aliphatic hydroxyl groups excluding tert-OH is 2. The molecule has 1 aromatic rings. The summed E-state index contributed by atoms with van der Waals surface area (Å²) in [5, 5.41) is 21.3. The van der Waals surface area contributed by atoms with Crippen LogP contribution in [0.15, 0.2) is 30.3 Å². The molecule has 3 heteroatoms. The van der Waals surface area contributed by atoms with Crippen LogP contribution in [0, 0.1) is 0 Å². The Balaban J connectivity index is 2.68. The fraction of sp³-hybridized carbons (Fsp3) is 0.455. The molecule has 0 bridgehead atoms. The average molecular weight is 195 g/mol. The van der Waals surface area contributed by atoms with Gasteiger partial charge in [0.15, 0.2) is 0 Å². The number of rotatable bonds is 5. The highest BCUT2D eigenvalue weighted by atomic mass is 16.3. The van der Waals surface area contributed by atoms with Crippen LogP contribution in [0.3, 0.4) is 0 Å². The van der Waals surface area contributed by atoms with Gasteiger partial charge in [0.25, 0.3) is 0 Å². The zero-order valence-electron chi connectivity index (χ0n) is 8.35. The quantitative estimate of drug-likeness (QED) is 0.648. The molecule has 1 aromatic carbocycles. The zero-order chi connectivity index (χ0) is 10.4. The molecule has 14 heavy (non-hydrogen) atoms. The normalized spacial score (nSPS) is 15.1. The number of nitrogens with one attached hydrogen (secondary N) is 1. The molecule has 2 unspecified atom stereocenters. The highest BCUT2D eigenvalue weighted by molar-refractivity contribution is 5.19. The summed E-state index contributed by atoms with van der Waals surface area (Å²) in [6.07, 6.45) is -0.469. The Morgan fingerprint density at radius 2 is 1.93 bits per heavy atom. The lowest BCUT2D eigenvalue weighted by atomic mass is 10.0. The van der Waals surface area contributed by atoms with Crippen LogP contribution in [0.1, 0.15) is 18.5 Å². The molecule has 0 amide bonds. The van der Waals surface area contributed by atoms with E-state index in [2.05, 4.69) is 5.32 Å². The van der Waals surface area contributed by atoms with Gasteiger partial charge in [-0.3, -0.25) is 0 Å². The minimum atomic E-state index is -0.469. The summed E-state index contributed by atoms with van der Waals surface area (Å²) in [7, 11) is 0. The van der Waals surface area contributed by atoms with Crippen molar-refractivity contribution in [2.45, 2.75) is 19.1 Å². The summed E-state index contributed by atoms with van der Waals surface area (Å²) in [5.41, 5.74) is 1.04. The summed E-state index contributed by atoms with van der Waals surface area (Å²) in [4.78, 5) is 0. The third-order valence-corrected chi connectivity index (χ3v) is 2.12. The maximum atomic E-state index is 9.55. The van der Waals surface area contributed by atoms with Crippen molar-refractivity contribution < 1.29 is 10.2 Å². The molecule has 3 nitrogen and oxygen atoms in total. The van der Waals surface area contributed by atoms with E-state index < -0.39 is 6.10 Å². The average Bonchev–Trinajstić information content (AvgIpc) is 2.19. The fourth-order valence-electron chi connectivity index (χ4n) is 1.45. The Kier molecular flexibility index (Phi) is 4.59. The second kappa shape index (κ2) is 5.75. The van der Waals surface area contributed by atoms with E-state index in [1.165, 1.54) is 0 Å². The van der Waals surface area contributed by atoms with E-state index in [9.17, 15) is 5.11 Å². The predicted molar refractivity (Wildman–Crippen MR) is 56.0 cm³/mol. The molecule has 2 atom stereocenters. The number of aliphatic hydroxyl groups is 2. The van der Waals surface area contributed by atoms with E-state index in [1.807, 2.05) is 30.3 Å². The van der Waals surface area contributed by atoms with Crippen LogP contribution in [-0.2, 0) is 0 Å². The summed E-state index contributed by atoms with van der Waals surface area (Å²) in [5.74, 6) is 0. The fourth-order valence-corrected chi connectivity index (χ4v) is 1.45. The Bertz CT molecular complexity index is 249. The van der Waals surface area contributed by atoms with Gasteiger partial charge in [0.1, 0.15) is 0 Å². The molecule has 0 radical (unpaired) electrons. The smallest absolute Gasteiger partial charge is 0.0706 e. The molecular formula is C11H17NO2. The van der Waals surface area contributed by atoms with Crippen molar-refractivity contribution in [3.05, 3.63) is 35.9 Å². The molecule has 0 aliphatic rings. The van der Waals surface area contributed by atoms with Gasteiger partial charge in [-0.1, -0.05) is 30.3 Å². The number of benzene rings is 1. The summed E-state index contributed by atoms with van der Waals surface area (Å²) >= 11 is 0. The predicted octanol–water partition coefficient (Wildman–Crippen LogP) is 0.690. The van der Waals surface area contributed by atoms with Crippen LogP contribution >= 0.6 is 0 Å². The van der Waals surface area contributed by atoms with Gasteiger partial charge in [0.2, 0.25) is 0 Å². The topological polar surface area (TPSA) is 52.5 Å². The lowest BCUT2D eigenvalue weighted by Gasteiger charge is -2.21. The third kappa shape index (κ3) is 3.10. The molecule has 78 valence electrons. The van der Waals surface area contributed by atoms with Gasteiger partial charge in [-0.2, -0.15) is 0 Å². The van der Waals surface area contributed by atoms with E-state index in [4.69, 9.17) is 5.11 Å². The molecular weight excluding hydrogens is 178 g/mol. The first-order valence-electron chi connectivity index (χ1n) is 4.83. The van der Waals surface area contributed by atoms with Gasteiger partial charge in [-0.15, -0.1) is 0 Å². The maximum Gasteiger partial charge on any atom is 0.0706 e. The number of hydrogen-bond acceptors (Lipinski definition) is 3. The van der Waals surface area contributed by atoms with Crippen LogP contribution in [-0.4, -0.2) is 29.5 Å². The summed E-state index contributed by atoms with van der Waals surface area (Å²) in [6, 6.07) is 9.62. The monoisotopic (exact) mass is 195 g/mol. The van der Waals surface area contributed by atoms with Gasteiger partial charge in [-0.25, -0.2) is 0 Å². The van der Waals surface area contributed by atoms with Crippen molar-refractivity contribution in [2.75, 3.05) is 13.2 Å². The Labute approximate surface area is 84.4 Å². The molecule has 0 aliphatic carbocycles. The van der Waals surface area contributed by atoms with Gasteiger partial charge >= 0.3 is 0 Å². The first kappa shape index (κ1) is 11.2. The zero-order valence-corrected chi connectivity index (χ0v) is 8.35. The maximum absolute atomic E-state index is 9.55. The highest BCUT2D eigenvalue weighted by Crippen LogP contribution is 2.15. The van der Waals surface area contributed by atoms with Crippen LogP contribution in [0.25, 0.3) is 0 Å². The highest BCUT2D eigenvalue weighted by Gasteiger charge is 2.15. The van der Waals surface area contributed by atoms with Crippen molar-refractivity contribution in [1.82, 2.24) is 5.32 Å². The standard InChI is InChI=1S/C11H17NO2/c1-9(14)11(12-7-8-13)10-5-3-2-4-6-10/h2-6,9,11-14H,7-8H2,1H3. The molecule has 0 aromatic heterocycles. The SMILES string of the molecule is CC(O)C(NCCO)c1ccccc1. The van der Waals surface area contributed by atoms with Crippen molar-refractivity contribution in [1.29, 1.82) is 0 Å². The van der Waals surface area contributed by atoms with Crippen LogP contribution < -0.4 is 5.32 Å². The Hall–Kier alpha value is -0.900. The van der Waals surface area contributed by atoms with Gasteiger partial charge in [0.05, 0.1) is 18.8 Å². The lowest BCUT2D eigenvalue weighted by Crippen LogP contribution is -2.32.